The molecular weight excluding hydrogens is 508 g/mol. The predicted octanol–water partition coefficient (Wildman–Crippen LogP) is 7.59. The van der Waals surface area contributed by atoms with Crippen LogP contribution in [0.4, 0.5) is 0 Å². The minimum Gasteiger partial charge on any atom is -0.386 e. The van der Waals surface area contributed by atoms with Crippen LogP contribution in [0.15, 0.2) is 59.8 Å². The zero-order valence-electron chi connectivity index (χ0n) is 25.0. The highest BCUT2D eigenvalue weighted by atomic mass is 16.6. The van der Waals surface area contributed by atoms with Crippen molar-refractivity contribution in [3.05, 3.63) is 71.3 Å². The molecule has 5 heteroatoms. The first-order chi connectivity index (χ1) is 19.8. The lowest BCUT2D eigenvalue weighted by Gasteiger charge is -2.60. The van der Waals surface area contributed by atoms with Gasteiger partial charge in [-0.2, -0.15) is 0 Å². The topological polar surface area (TPSA) is 67.8 Å². The molecule has 4 aliphatic rings. The Labute approximate surface area is 245 Å². The van der Waals surface area contributed by atoms with E-state index in [-0.39, 0.29) is 18.3 Å². The van der Waals surface area contributed by atoms with Crippen LogP contribution in [0.25, 0.3) is 0 Å². The summed E-state index contributed by atoms with van der Waals surface area (Å²) in [6.45, 7) is 7.95. The van der Waals surface area contributed by atoms with Crippen LogP contribution in [-0.4, -0.2) is 24.0 Å². The van der Waals surface area contributed by atoms with Gasteiger partial charge in [0.05, 0.1) is 5.71 Å². The number of carbonyl (C=O) groups is 2. The fraction of sp³-hybridized carbons (Fsp3) is 0.583. The van der Waals surface area contributed by atoms with Crippen molar-refractivity contribution in [2.75, 3.05) is 6.61 Å². The van der Waals surface area contributed by atoms with Gasteiger partial charge in [0.25, 0.3) is 5.91 Å². The summed E-state index contributed by atoms with van der Waals surface area (Å²) in [5.41, 5.74) is 4.27. The first kappa shape index (κ1) is 28.2. The van der Waals surface area contributed by atoms with Crippen LogP contribution in [0.3, 0.4) is 0 Å². The van der Waals surface area contributed by atoms with Gasteiger partial charge in [-0.15, -0.1) is 0 Å². The molecule has 4 aliphatic carbocycles. The van der Waals surface area contributed by atoms with Gasteiger partial charge in [-0.3, -0.25) is 9.59 Å². The van der Waals surface area contributed by atoms with E-state index in [0.717, 1.165) is 47.8 Å². The SMILES string of the molecule is C[C@H]1CC[C@H]2[C@@H]3CC[C@H]4C/C(=N/OCC(=O)NCc5cccc(C(=O)c6ccccc6)c5)CC[C@]4(C)[C@H]3CC[C@]12C. The Morgan fingerprint density at radius 2 is 1.68 bits per heavy atom. The molecule has 1 N–H and O–H groups in total. The van der Waals surface area contributed by atoms with E-state index in [2.05, 4.69) is 31.2 Å². The van der Waals surface area contributed by atoms with Crippen molar-refractivity contribution in [1.82, 2.24) is 5.32 Å². The van der Waals surface area contributed by atoms with Crippen molar-refractivity contribution in [3.63, 3.8) is 0 Å². The summed E-state index contributed by atoms with van der Waals surface area (Å²) in [5, 5.41) is 7.37. The maximum Gasteiger partial charge on any atom is 0.261 e. The monoisotopic (exact) mass is 554 g/mol. The van der Waals surface area contributed by atoms with E-state index in [1.165, 1.54) is 44.9 Å². The average molecular weight is 555 g/mol. The van der Waals surface area contributed by atoms with Gasteiger partial charge in [0.1, 0.15) is 0 Å². The Bertz CT molecular complexity index is 1300. The summed E-state index contributed by atoms with van der Waals surface area (Å²) in [6, 6.07) is 16.7. The van der Waals surface area contributed by atoms with E-state index in [1.54, 1.807) is 0 Å². The smallest absolute Gasteiger partial charge is 0.261 e. The highest BCUT2D eigenvalue weighted by molar-refractivity contribution is 6.09. The third-order valence-corrected chi connectivity index (χ3v) is 12.1. The van der Waals surface area contributed by atoms with E-state index < -0.39 is 0 Å². The van der Waals surface area contributed by atoms with Crippen LogP contribution in [0, 0.1) is 40.4 Å². The van der Waals surface area contributed by atoms with Gasteiger partial charge in [0.2, 0.25) is 0 Å². The summed E-state index contributed by atoms with van der Waals surface area (Å²) in [7, 11) is 0. The summed E-state index contributed by atoms with van der Waals surface area (Å²) in [5.74, 6) is 4.04. The molecule has 6 rings (SSSR count). The number of fused-ring (bicyclic) bond motifs is 5. The van der Waals surface area contributed by atoms with E-state index in [9.17, 15) is 9.59 Å². The van der Waals surface area contributed by atoms with Crippen LogP contribution < -0.4 is 5.32 Å². The maximum absolute atomic E-state index is 12.8. The molecule has 0 saturated heterocycles. The van der Waals surface area contributed by atoms with Crippen LogP contribution in [-0.2, 0) is 16.2 Å². The van der Waals surface area contributed by atoms with Gasteiger partial charge in [-0.25, -0.2) is 0 Å². The van der Waals surface area contributed by atoms with Gasteiger partial charge < -0.3 is 10.2 Å². The Morgan fingerprint density at radius 3 is 2.51 bits per heavy atom. The lowest BCUT2D eigenvalue weighted by molar-refractivity contribution is -0.125. The largest absolute Gasteiger partial charge is 0.386 e. The van der Waals surface area contributed by atoms with Gasteiger partial charge in [-0.1, -0.05) is 74.5 Å². The van der Waals surface area contributed by atoms with Crippen molar-refractivity contribution in [1.29, 1.82) is 0 Å². The highest BCUT2D eigenvalue weighted by Crippen LogP contribution is 2.67. The van der Waals surface area contributed by atoms with Crippen molar-refractivity contribution >= 4 is 17.4 Å². The second-order valence-electron chi connectivity index (χ2n) is 14.0. The number of hydrogen-bond acceptors (Lipinski definition) is 4. The standard InChI is InChI=1S/C36H46N2O3/c1-24-12-15-31-30-14-13-28-21-29(16-18-36(28,3)32(30)17-19-35(24,31)2)38-41-23-33(39)37-22-25-8-7-11-27(20-25)34(40)26-9-5-4-6-10-26/h4-11,20,24,28,30-32H,12-19,21-23H2,1-3H3,(H,37,39)/b38-29+/t24-,28-,30-,31-,32-,35+,36-/m0/s1. The first-order valence-corrected chi connectivity index (χ1v) is 15.9. The van der Waals surface area contributed by atoms with Crippen LogP contribution in [0.2, 0.25) is 0 Å². The molecule has 0 aromatic heterocycles. The van der Waals surface area contributed by atoms with Crippen molar-refractivity contribution in [2.24, 2.45) is 45.6 Å². The number of rotatable bonds is 7. The second kappa shape index (κ2) is 11.4. The number of nitrogens with one attached hydrogen (secondary N) is 1. The highest BCUT2D eigenvalue weighted by Gasteiger charge is 2.59. The summed E-state index contributed by atoms with van der Waals surface area (Å²) >= 11 is 0. The summed E-state index contributed by atoms with van der Waals surface area (Å²) in [4.78, 5) is 30.8. The molecule has 4 fully saturated rings. The second-order valence-corrected chi connectivity index (χ2v) is 14.0. The predicted molar refractivity (Wildman–Crippen MR) is 162 cm³/mol. The Kier molecular flexibility index (Phi) is 7.82. The molecule has 2 aromatic carbocycles. The molecule has 2 aromatic rings. The summed E-state index contributed by atoms with van der Waals surface area (Å²) in [6.07, 6.45) is 11.6. The zero-order chi connectivity index (χ0) is 28.6. The lowest BCUT2D eigenvalue weighted by atomic mass is 9.45. The minimum atomic E-state index is -0.202. The van der Waals surface area contributed by atoms with Crippen LogP contribution in [0.5, 0.6) is 0 Å². The van der Waals surface area contributed by atoms with Gasteiger partial charge >= 0.3 is 0 Å². The van der Waals surface area contributed by atoms with E-state index in [4.69, 9.17) is 4.84 Å². The van der Waals surface area contributed by atoms with Crippen molar-refractivity contribution in [3.8, 4) is 0 Å². The van der Waals surface area contributed by atoms with Gasteiger partial charge in [0.15, 0.2) is 12.4 Å². The van der Waals surface area contributed by atoms with Crippen LogP contribution >= 0.6 is 0 Å². The molecule has 41 heavy (non-hydrogen) atoms. The zero-order valence-corrected chi connectivity index (χ0v) is 25.0. The lowest BCUT2D eigenvalue weighted by Crippen LogP contribution is -2.53. The molecule has 0 radical (unpaired) electrons. The Balaban J connectivity index is 0.989. The average Bonchev–Trinajstić information content (AvgIpc) is 3.30. The van der Waals surface area contributed by atoms with Gasteiger partial charge in [0, 0.05) is 17.7 Å². The molecule has 1 amide bonds. The Hall–Kier alpha value is -2.95. The van der Waals surface area contributed by atoms with Crippen LogP contribution in [0.1, 0.15) is 100 Å². The van der Waals surface area contributed by atoms with E-state index in [0.29, 0.717) is 34.4 Å². The number of amides is 1. The molecule has 0 aliphatic heterocycles. The maximum atomic E-state index is 12.8. The molecule has 7 atom stereocenters. The fourth-order valence-electron chi connectivity index (χ4n) is 9.42. The molecule has 5 nitrogen and oxygen atoms in total. The molecule has 0 heterocycles. The van der Waals surface area contributed by atoms with E-state index in [1.807, 2.05) is 54.6 Å². The third kappa shape index (κ3) is 5.37. The quantitative estimate of drug-likeness (QED) is 0.283. The number of ketones is 1. The number of hydrogen-bond donors (Lipinski definition) is 1. The molecular formula is C36H46N2O3. The first-order valence-electron chi connectivity index (χ1n) is 15.9. The fourth-order valence-corrected chi connectivity index (χ4v) is 9.42. The van der Waals surface area contributed by atoms with Gasteiger partial charge in [-0.05, 0) is 110 Å². The number of oxime groups is 1. The summed E-state index contributed by atoms with van der Waals surface area (Å²) < 4.78 is 0. The number of benzene rings is 2. The number of nitrogens with zero attached hydrogens (tertiary/aromatic N) is 1. The molecule has 0 unspecified atom stereocenters. The van der Waals surface area contributed by atoms with Crippen molar-refractivity contribution < 1.29 is 14.4 Å². The molecule has 0 spiro atoms. The van der Waals surface area contributed by atoms with E-state index >= 15 is 0 Å². The van der Waals surface area contributed by atoms with Crippen molar-refractivity contribution in [2.45, 2.75) is 85.1 Å². The normalized spacial score (nSPS) is 35.2. The third-order valence-electron chi connectivity index (χ3n) is 12.1. The minimum absolute atomic E-state index is 0.0231. The molecule has 4 saturated carbocycles. The molecule has 218 valence electrons. The number of carbonyl (C=O) groups excluding carboxylic acids is 2. The Morgan fingerprint density at radius 1 is 0.902 bits per heavy atom. The molecule has 0 bridgehead atoms.